The Bertz CT molecular complexity index is 578. The molecule has 128 valence electrons. The van der Waals surface area contributed by atoms with Crippen LogP contribution in [0.5, 0.6) is 0 Å². The number of nitrogens with one attached hydrogen (secondary N) is 1. The van der Waals surface area contributed by atoms with Crippen molar-refractivity contribution < 1.29 is 4.92 Å². The Balaban J connectivity index is 2.05. The molecule has 0 aliphatic heterocycles. The highest BCUT2D eigenvalue weighted by molar-refractivity contribution is 5.19. The van der Waals surface area contributed by atoms with Gasteiger partial charge in [-0.2, -0.15) is 0 Å². The summed E-state index contributed by atoms with van der Waals surface area (Å²) in [5, 5.41) is 13.9. The molecule has 24 heavy (non-hydrogen) atoms. The third-order valence-corrected chi connectivity index (χ3v) is 4.20. The number of hydrogen-bond acceptors (Lipinski definition) is 4. The van der Waals surface area contributed by atoms with E-state index in [0.717, 1.165) is 12.8 Å². The zero-order chi connectivity index (χ0) is 17.4. The second-order valence-electron chi connectivity index (χ2n) is 6.21. The Morgan fingerprint density at radius 2 is 1.46 bits per heavy atom. The molecule has 2 unspecified atom stereocenters. The normalized spacial score (nSPS) is 13.6. The van der Waals surface area contributed by atoms with E-state index in [1.807, 2.05) is 36.4 Å². The predicted molar refractivity (Wildman–Crippen MR) is 96.2 cm³/mol. The Labute approximate surface area is 143 Å². The molecule has 5 heteroatoms. The van der Waals surface area contributed by atoms with E-state index >= 15 is 0 Å². The highest BCUT2D eigenvalue weighted by Crippen LogP contribution is 2.16. The van der Waals surface area contributed by atoms with Crippen LogP contribution in [0.4, 0.5) is 0 Å². The standard InChI is InChI=1S/C19H25N3O2/c1-15(22(23)24)14-21-19(20)18(12-16-8-4-2-5-9-16)13-17-10-6-3-7-11-17/h2-11,15,18-19,21H,12-14,20H2,1H3. The van der Waals surface area contributed by atoms with Gasteiger partial charge in [-0.3, -0.25) is 15.4 Å². The summed E-state index contributed by atoms with van der Waals surface area (Å²) in [6, 6.07) is 19.8. The van der Waals surface area contributed by atoms with E-state index in [1.165, 1.54) is 11.1 Å². The Hall–Kier alpha value is -2.24. The number of nitro groups is 1. The Morgan fingerprint density at radius 3 is 1.88 bits per heavy atom. The van der Waals surface area contributed by atoms with Gasteiger partial charge in [0.2, 0.25) is 6.04 Å². The van der Waals surface area contributed by atoms with E-state index in [1.54, 1.807) is 6.92 Å². The molecule has 5 nitrogen and oxygen atoms in total. The molecule has 0 aliphatic carbocycles. The predicted octanol–water partition coefficient (Wildman–Crippen LogP) is 2.63. The van der Waals surface area contributed by atoms with Crippen molar-refractivity contribution in [2.75, 3.05) is 6.54 Å². The molecule has 2 rings (SSSR count). The Morgan fingerprint density at radius 1 is 1.00 bits per heavy atom. The number of rotatable bonds is 9. The monoisotopic (exact) mass is 327 g/mol. The van der Waals surface area contributed by atoms with Crippen molar-refractivity contribution in [2.24, 2.45) is 11.7 Å². The zero-order valence-corrected chi connectivity index (χ0v) is 14.0. The van der Waals surface area contributed by atoms with E-state index in [9.17, 15) is 10.1 Å². The third kappa shape index (κ3) is 5.76. The van der Waals surface area contributed by atoms with Crippen LogP contribution in [0, 0.1) is 16.0 Å². The second-order valence-corrected chi connectivity index (χ2v) is 6.21. The summed E-state index contributed by atoms with van der Waals surface area (Å²) in [7, 11) is 0. The van der Waals surface area contributed by atoms with Crippen molar-refractivity contribution in [3.8, 4) is 0 Å². The first-order chi connectivity index (χ1) is 11.6. The van der Waals surface area contributed by atoms with Crippen LogP contribution in [0.3, 0.4) is 0 Å². The summed E-state index contributed by atoms with van der Waals surface area (Å²) in [5.41, 5.74) is 8.77. The van der Waals surface area contributed by atoms with Crippen molar-refractivity contribution in [2.45, 2.75) is 32.0 Å². The minimum absolute atomic E-state index is 0.161. The largest absolute Gasteiger partial charge is 0.316 e. The van der Waals surface area contributed by atoms with Crippen molar-refractivity contribution in [3.63, 3.8) is 0 Å². The maximum atomic E-state index is 10.8. The van der Waals surface area contributed by atoms with Gasteiger partial charge in [0.25, 0.3) is 0 Å². The molecule has 2 atom stereocenters. The van der Waals surface area contributed by atoms with Gasteiger partial charge in [0.15, 0.2) is 0 Å². The molecule has 0 aliphatic rings. The molecule has 0 radical (unpaired) electrons. The lowest BCUT2D eigenvalue weighted by atomic mass is 9.90. The van der Waals surface area contributed by atoms with Crippen LogP contribution in [0.25, 0.3) is 0 Å². The van der Waals surface area contributed by atoms with Gasteiger partial charge in [0.1, 0.15) is 0 Å². The van der Waals surface area contributed by atoms with E-state index < -0.39 is 6.04 Å². The molecule has 3 N–H and O–H groups in total. The minimum Gasteiger partial charge on any atom is -0.316 e. The topological polar surface area (TPSA) is 81.2 Å². The van der Waals surface area contributed by atoms with Gasteiger partial charge in [-0.1, -0.05) is 60.7 Å². The molecule has 0 saturated heterocycles. The van der Waals surface area contributed by atoms with E-state index in [2.05, 4.69) is 29.6 Å². The molecule has 2 aromatic rings. The molecular formula is C19H25N3O2. The fourth-order valence-corrected chi connectivity index (χ4v) is 2.71. The SMILES string of the molecule is CC(CNC(N)C(Cc1ccccc1)Cc1ccccc1)[N+](=O)[O-]. The number of nitrogens with zero attached hydrogens (tertiary/aromatic N) is 1. The van der Waals surface area contributed by atoms with Crippen LogP contribution in [-0.4, -0.2) is 23.7 Å². The first-order valence-corrected chi connectivity index (χ1v) is 8.26. The average molecular weight is 327 g/mol. The van der Waals surface area contributed by atoms with Gasteiger partial charge in [-0.25, -0.2) is 0 Å². The highest BCUT2D eigenvalue weighted by Gasteiger charge is 2.21. The lowest BCUT2D eigenvalue weighted by Gasteiger charge is -2.25. The van der Waals surface area contributed by atoms with Gasteiger partial charge < -0.3 is 5.73 Å². The maximum absolute atomic E-state index is 10.8. The molecule has 0 spiro atoms. The smallest absolute Gasteiger partial charge is 0.222 e. The van der Waals surface area contributed by atoms with Gasteiger partial charge in [0.05, 0.1) is 12.7 Å². The molecule has 0 bridgehead atoms. The maximum Gasteiger partial charge on any atom is 0.222 e. The molecule has 0 amide bonds. The molecule has 2 aromatic carbocycles. The summed E-state index contributed by atoms with van der Waals surface area (Å²) in [4.78, 5) is 10.5. The lowest BCUT2D eigenvalue weighted by molar-refractivity contribution is -0.516. The van der Waals surface area contributed by atoms with E-state index in [0.29, 0.717) is 0 Å². The molecule has 0 saturated carbocycles. The van der Waals surface area contributed by atoms with Crippen molar-refractivity contribution in [1.29, 1.82) is 0 Å². The minimum atomic E-state index is -0.648. The zero-order valence-electron chi connectivity index (χ0n) is 14.0. The fourth-order valence-electron chi connectivity index (χ4n) is 2.71. The van der Waals surface area contributed by atoms with Crippen LogP contribution in [0.2, 0.25) is 0 Å². The van der Waals surface area contributed by atoms with Crippen molar-refractivity contribution in [1.82, 2.24) is 5.32 Å². The van der Waals surface area contributed by atoms with Crippen LogP contribution >= 0.6 is 0 Å². The van der Waals surface area contributed by atoms with Crippen LogP contribution in [0.1, 0.15) is 18.1 Å². The molecule has 0 heterocycles. The summed E-state index contributed by atoms with van der Waals surface area (Å²) < 4.78 is 0. The Kier molecular flexibility index (Phi) is 6.90. The van der Waals surface area contributed by atoms with Gasteiger partial charge in [0, 0.05) is 11.8 Å². The fraction of sp³-hybridized carbons (Fsp3) is 0.368. The summed E-state index contributed by atoms with van der Waals surface area (Å²) in [6.45, 7) is 1.86. The number of benzene rings is 2. The molecular weight excluding hydrogens is 302 g/mol. The van der Waals surface area contributed by atoms with Crippen LogP contribution in [0.15, 0.2) is 60.7 Å². The van der Waals surface area contributed by atoms with Crippen molar-refractivity contribution >= 4 is 0 Å². The van der Waals surface area contributed by atoms with Crippen molar-refractivity contribution in [3.05, 3.63) is 81.9 Å². The first kappa shape index (κ1) is 18.1. The first-order valence-electron chi connectivity index (χ1n) is 8.26. The lowest BCUT2D eigenvalue weighted by Crippen LogP contribution is -2.48. The molecule has 0 aromatic heterocycles. The van der Waals surface area contributed by atoms with Gasteiger partial charge in [-0.05, 0) is 29.9 Å². The van der Waals surface area contributed by atoms with Crippen LogP contribution in [-0.2, 0) is 12.8 Å². The van der Waals surface area contributed by atoms with E-state index in [-0.39, 0.29) is 23.6 Å². The number of nitrogens with two attached hydrogens (primary N) is 1. The van der Waals surface area contributed by atoms with Crippen LogP contribution < -0.4 is 11.1 Å². The van der Waals surface area contributed by atoms with Gasteiger partial charge >= 0.3 is 0 Å². The highest BCUT2D eigenvalue weighted by atomic mass is 16.6. The summed E-state index contributed by atoms with van der Waals surface area (Å²) >= 11 is 0. The van der Waals surface area contributed by atoms with E-state index in [4.69, 9.17) is 5.73 Å². The quantitative estimate of drug-likeness (QED) is 0.421. The summed E-state index contributed by atoms with van der Waals surface area (Å²) in [5.74, 6) is 0.161. The number of hydrogen-bond donors (Lipinski definition) is 2. The average Bonchev–Trinajstić information content (AvgIpc) is 2.60. The second kappa shape index (κ2) is 9.15. The molecule has 0 fully saturated rings. The third-order valence-electron chi connectivity index (χ3n) is 4.20. The van der Waals surface area contributed by atoms with Gasteiger partial charge in [-0.15, -0.1) is 0 Å². The summed E-state index contributed by atoms with van der Waals surface area (Å²) in [6.07, 6.45) is 1.36.